The van der Waals surface area contributed by atoms with E-state index < -0.39 is 0 Å². The van der Waals surface area contributed by atoms with Crippen LogP contribution < -0.4 is 15.2 Å². The highest BCUT2D eigenvalue weighted by Gasteiger charge is 2.21. The normalized spacial score (nSPS) is 11.2. The van der Waals surface area contributed by atoms with E-state index in [1.165, 1.54) is 0 Å². The van der Waals surface area contributed by atoms with Gasteiger partial charge >= 0.3 is 0 Å². The van der Waals surface area contributed by atoms with Gasteiger partial charge in [-0.15, -0.1) is 0 Å². The van der Waals surface area contributed by atoms with Crippen molar-refractivity contribution in [3.05, 3.63) is 29.3 Å². The topological polar surface area (TPSA) is 44.5 Å². The quantitative estimate of drug-likeness (QED) is 0.720. The molecule has 0 heterocycles. The molecule has 1 aromatic rings. The maximum Gasteiger partial charge on any atom is 0.126 e. The van der Waals surface area contributed by atoms with Crippen LogP contribution in [0, 0.1) is 5.41 Å². The van der Waals surface area contributed by atoms with Crippen molar-refractivity contribution in [3.63, 3.8) is 0 Å². The third kappa shape index (κ3) is 10.2. The number of allylic oxidation sites excluding steroid dienone is 1. The van der Waals surface area contributed by atoms with Gasteiger partial charge in [0.05, 0.1) is 14.2 Å². The minimum absolute atomic E-state index is 0.0187. The second-order valence-electron chi connectivity index (χ2n) is 7.65. The van der Waals surface area contributed by atoms with Crippen LogP contribution in [-0.2, 0) is 5.41 Å². The average Bonchev–Trinajstić information content (AvgIpc) is 2.53. The Bertz CT molecular complexity index is 506. The number of rotatable bonds is 3. The van der Waals surface area contributed by atoms with E-state index in [0.29, 0.717) is 0 Å². The fourth-order valence-electron chi connectivity index (χ4n) is 1.98. The van der Waals surface area contributed by atoms with Crippen molar-refractivity contribution in [1.82, 2.24) is 0 Å². The lowest BCUT2D eigenvalue weighted by atomic mass is 9.85. The van der Waals surface area contributed by atoms with Gasteiger partial charge in [-0.1, -0.05) is 74.5 Å². The SMILES string of the molecule is CC.CCN.COc1cc(C(C)(C)C)c(OC)cc1/C=C/C(C)(C)C. The number of hydrogen-bond donors (Lipinski definition) is 1. The lowest BCUT2D eigenvalue weighted by Crippen LogP contribution is -2.13. The molecule has 0 saturated heterocycles. The fraction of sp³-hybridized carbons (Fsp3) is 0.636. The first-order valence-corrected chi connectivity index (χ1v) is 9.16. The van der Waals surface area contributed by atoms with E-state index in [4.69, 9.17) is 15.2 Å². The predicted molar refractivity (Wildman–Crippen MR) is 113 cm³/mol. The van der Waals surface area contributed by atoms with Crippen molar-refractivity contribution in [2.45, 2.75) is 67.7 Å². The molecule has 0 unspecified atom stereocenters. The monoisotopic (exact) mass is 351 g/mol. The molecule has 0 spiro atoms. The van der Waals surface area contributed by atoms with Crippen LogP contribution in [0.2, 0.25) is 0 Å². The second kappa shape index (κ2) is 12.0. The Morgan fingerprint density at radius 3 is 1.68 bits per heavy atom. The van der Waals surface area contributed by atoms with Gasteiger partial charge in [0.25, 0.3) is 0 Å². The molecule has 25 heavy (non-hydrogen) atoms. The Labute approximate surface area is 156 Å². The fourth-order valence-corrected chi connectivity index (χ4v) is 1.98. The van der Waals surface area contributed by atoms with Crippen molar-refractivity contribution in [2.75, 3.05) is 20.8 Å². The third-order valence-corrected chi connectivity index (χ3v) is 3.12. The van der Waals surface area contributed by atoms with Gasteiger partial charge in [0.2, 0.25) is 0 Å². The molecule has 0 bridgehead atoms. The lowest BCUT2D eigenvalue weighted by Gasteiger charge is -2.24. The van der Waals surface area contributed by atoms with Crippen molar-refractivity contribution in [2.24, 2.45) is 11.1 Å². The minimum Gasteiger partial charge on any atom is -0.496 e. The van der Waals surface area contributed by atoms with E-state index in [2.05, 4.69) is 65.8 Å². The van der Waals surface area contributed by atoms with Gasteiger partial charge in [-0.3, -0.25) is 0 Å². The number of ether oxygens (including phenoxy) is 2. The Morgan fingerprint density at radius 1 is 0.920 bits per heavy atom. The Hall–Kier alpha value is -1.48. The van der Waals surface area contributed by atoms with Crippen LogP contribution in [0.4, 0.5) is 0 Å². The van der Waals surface area contributed by atoms with Gasteiger partial charge in [-0.25, -0.2) is 0 Å². The van der Waals surface area contributed by atoms with Crippen LogP contribution >= 0.6 is 0 Å². The van der Waals surface area contributed by atoms with E-state index in [-0.39, 0.29) is 10.8 Å². The summed E-state index contributed by atoms with van der Waals surface area (Å²) in [5, 5.41) is 0. The summed E-state index contributed by atoms with van der Waals surface area (Å²) >= 11 is 0. The third-order valence-electron chi connectivity index (χ3n) is 3.12. The Kier molecular flexibility index (Phi) is 12.3. The number of nitrogens with two attached hydrogens (primary N) is 1. The summed E-state index contributed by atoms with van der Waals surface area (Å²) in [4.78, 5) is 0. The van der Waals surface area contributed by atoms with Crippen LogP contribution in [-0.4, -0.2) is 20.8 Å². The molecule has 146 valence electrons. The number of methoxy groups -OCH3 is 2. The molecule has 0 aliphatic carbocycles. The van der Waals surface area contributed by atoms with E-state index in [1.54, 1.807) is 14.2 Å². The largest absolute Gasteiger partial charge is 0.496 e. The summed E-state index contributed by atoms with van der Waals surface area (Å²) < 4.78 is 11.1. The number of benzene rings is 1. The van der Waals surface area contributed by atoms with Crippen molar-refractivity contribution < 1.29 is 9.47 Å². The first-order chi connectivity index (χ1) is 11.5. The van der Waals surface area contributed by atoms with Gasteiger partial charge < -0.3 is 15.2 Å². The Balaban J connectivity index is 0. The first kappa shape index (κ1) is 25.8. The average molecular weight is 352 g/mol. The van der Waals surface area contributed by atoms with Crippen LogP contribution in [0.15, 0.2) is 18.2 Å². The highest BCUT2D eigenvalue weighted by atomic mass is 16.5. The molecule has 0 fully saturated rings. The van der Waals surface area contributed by atoms with Crippen molar-refractivity contribution >= 4 is 6.08 Å². The molecule has 3 nitrogen and oxygen atoms in total. The molecule has 2 N–H and O–H groups in total. The summed E-state index contributed by atoms with van der Waals surface area (Å²) in [6, 6.07) is 4.14. The molecule has 0 aromatic heterocycles. The van der Waals surface area contributed by atoms with Crippen molar-refractivity contribution in [1.29, 1.82) is 0 Å². The van der Waals surface area contributed by atoms with E-state index >= 15 is 0 Å². The van der Waals surface area contributed by atoms with E-state index in [9.17, 15) is 0 Å². The second-order valence-corrected chi connectivity index (χ2v) is 7.65. The van der Waals surface area contributed by atoms with Crippen LogP contribution in [0.25, 0.3) is 6.08 Å². The zero-order valence-corrected chi connectivity index (χ0v) is 18.4. The maximum atomic E-state index is 5.55. The molecule has 0 aliphatic rings. The summed E-state index contributed by atoms with van der Waals surface area (Å²) in [6.45, 7) is 19.7. The number of hydrogen-bond acceptors (Lipinski definition) is 3. The van der Waals surface area contributed by atoms with Gasteiger partial charge in [-0.05, 0) is 29.5 Å². The summed E-state index contributed by atoms with van der Waals surface area (Å²) in [5.74, 6) is 1.79. The highest BCUT2D eigenvalue weighted by molar-refractivity contribution is 5.63. The maximum absolute atomic E-state index is 5.55. The summed E-state index contributed by atoms with van der Waals surface area (Å²) in [5.41, 5.74) is 7.21. The molecular weight excluding hydrogens is 310 g/mol. The van der Waals surface area contributed by atoms with E-state index in [0.717, 1.165) is 29.2 Å². The van der Waals surface area contributed by atoms with Crippen LogP contribution in [0.1, 0.15) is 73.4 Å². The Morgan fingerprint density at radius 2 is 1.36 bits per heavy atom. The standard InChI is InChI=1S/C18H28O2.C2H7N.C2H6/c1-17(2,3)10-9-13-11-16(20-8)14(18(4,5)6)12-15(13)19-7;1-2-3;1-2/h9-12H,1-8H3;2-3H2,1H3;1-2H3/b10-9+;;. The molecule has 3 heteroatoms. The zero-order chi connectivity index (χ0) is 20.3. The van der Waals surface area contributed by atoms with Gasteiger partial charge in [-0.2, -0.15) is 0 Å². The minimum atomic E-state index is 0.0187. The van der Waals surface area contributed by atoms with Crippen LogP contribution in [0.3, 0.4) is 0 Å². The van der Waals surface area contributed by atoms with Gasteiger partial charge in [0.1, 0.15) is 11.5 Å². The highest BCUT2D eigenvalue weighted by Crippen LogP contribution is 2.37. The molecule has 1 rings (SSSR count). The molecule has 0 saturated carbocycles. The summed E-state index contributed by atoms with van der Waals surface area (Å²) in [6.07, 6.45) is 4.29. The lowest BCUT2D eigenvalue weighted by molar-refractivity contribution is 0.387. The molecule has 0 atom stereocenters. The predicted octanol–water partition coefficient (Wildman–Crippen LogP) is 6.05. The first-order valence-electron chi connectivity index (χ1n) is 9.16. The molecule has 0 radical (unpaired) electrons. The van der Waals surface area contributed by atoms with Gasteiger partial charge in [0.15, 0.2) is 0 Å². The van der Waals surface area contributed by atoms with Crippen LogP contribution in [0.5, 0.6) is 11.5 Å². The summed E-state index contributed by atoms with van der Waals surface area (Å²) in [7, 11) is 3.43. The smallest absolute Gasteiger partial charge is 0.126 e. The van der Waals surface area contributed by atoms with Crippen molar-refractivity contribution in [3.8, 4) is 11.5 Å². The van der Waals surface area contributed by atoms with Gasteiger partial charge in [0, 0.05) is 11.1 Å². The molecule has 0 amide bonds. The zero-order valence-electron chi connectivity index (χ0n) is 18.4. The molecule has 0 aliphatic heterocycles. The molecule has 1 aromatic carbocycles. The molecular formula is C22H41NO2. The van der Waals surface area contributed by atoms with E-state index in [1.807, 2.05) is 20.8 Å².